The van der Waals surface area contributed by atoms with E-state index in [1.54, 1.807) is 17.0 Å². The minimum absolute atomic E-state index is 0.00108. The standard InChI is InChI=1S/C38H60N4O5/c1-3-4-5-6-7-8-9-10-11-12-13-14-15-16-17-21-26-40-38(45)47-30-32-25-28-42(36(43)31-22-19-18-20-23-31)34(29-41-37(44)46-2)35(32)33-24-27-39-33/h18-20,22-23,25,33,39H,3-17,21,24,26-30H2,1-2H3,(H,40,45)(H,41,44). The lowest BCUT2D eigenvalue weighted by Gasteiger charge is -2.39. The lowest BCUT2D eigenvalue weighted by molar-refractivity contribution is 0.0808. The van der Waals surface area contributed by atoms with Crippen LogP contribution in [0.3, 0.4) is 0 Å². The Balaban J connectivity index is 1.35. The first-order valence-corrected chi connectivity index (χ1v) is 18.3. The van der Waals surface area contributed by atoms with Gasteiger partial charge in [-0.05, 0) is 42.7 Å². The van der Waals surface area contributed by atoms with E-state index in [0.717, 1.165) is 37.0 Å². The minimum atomic E-state index is -0.577. The molecular formula is C38H60N4O5. The van der Waals surface area contributed by atoms with E-state index >= 15 is 0 Å². The Morgan fingerprint density at radius 3 is 1.91 bits per heavy atom. The van der Waals surface area contributed by atoms with E-state index in [2.05, 4.69) is 22.9 Å². The molecule has 1 atom stereocenters. The Hall–Kier alpha value is -3.33. The first-order chi connectivity index (χ1) is 23.0. The number of unbranched alkanes of at least 4 members (excludes halogenated alkanes) is 15. The van der Waals surface area contributed by atoms with E-state index in [1.165, 1.54) is 97.0 Å². The maximum Gasteiger partial charge on any atom is 0.407 e. The molecule has 3 amide bonds. The zero-order valence-electron chi connectivity index (χ0n) is 29.1. The molecule has 2 aliphatic heterocycles. The van der Waals surface area contributed by atoms with Gasteiger partial charge in [-0.2, -0.15) is 0 Å². The second kappa shape index (κ2) is 23.1. The van der Waals surface area contributed by atoms with Gasteiger partial charge in [0.15, 0.2) is 0 Å². The molecule has 1 aromatic rings. The molecule has 2 heterocycles. The molecule has 0 aromatic heterocycles. The van der Waals surface area contributed by atoms with Gasteiger partial charge in [0.2, 0.25) is 0 Å². The largest absolute Gasteiger partial charge is 0.453 e. The number of nitrogens with zero attached hydrogens (tertiary/aromatic N) is 1. The number of methoxy groups -OCH3 is 1. The van der Waals surface area contributed by atoms with Crippen LogP contribution in [0.15, 0.2) is 53.3 Å². The molecule has 47 heavy (non-hydrogen) atoms. The zero-order chi connectivity index (χ0) is 33.5. The van der Waals surface area contributed by atoms with Gasteiger partial charge < -0.3 is 30.3 Å². The summed E-state index contributed by atoms with van der Waals surface area (Å²) in [6, 6.07) is 9.08. The van der Waals surface area contributed by atoms with Gasteiger partial charge in [0.05, 0.1) is 13.7 Å². The number of hydrogen-bond acceptors (Lipinski definition) is 6. The summed E-state index contributed by atoms with van der Waals surface area (Å²) in [5, 5.41) is 9.05. The van der Waals surface area contributed by atoms with Crippen molar-refractivity contribution in [1.82, 2.24) is 20.9 Å². The number of amides is 3. The average Bonchev–Trinajstić information content (AvgIpc) is 3.07. The predicted octanol–water partition coefficient (Wildman–Crippen LogP) is 8.03. The van der Waals surface area contributed by atoms with Crippen LogP contribution in [0.2, 0.25) is 0 Å². The SMILES string of the molecule is CCCCCCCCCCCCCCCCCCNC(=O)OCC1=CCN(C(=O)c2ccccc2)C(CNC(=O)OC)=C1C1CCN1. The Kier molecular flexibility index (Phi) is 18.7. The summed E-state index contributed by atoms with van der Waals surface area (Å²) in [7, 11) is 1.31. The van der Waals surface area contributed by atoms with Crippen molar-refractivity contribution in [3.63, 3.8) is 0 Å². The van der Waals surface area contributed by atoms with Crippen LogP contribution >= 0.6 is 0 Å². The molecule has 0 radical (unpaired) electrons. The summed E-state index contributed by atoms with van der Waals surface area (Å²) >= 11 is 0. The highest BCUT2D eigenvalue weighted by Crippen LogP contribution is 2.31. The third kappa shape index (κ3) is 14.1. The van der Waals surface area contributed by atoms with E-state index in [4.69, 9.17) is 9.47 Å². The third-order valence-corrected chi connectivity index (χ3v) is 9.19. The average molecular weight is 653 g/mol. The quantitative estimate of drug-likeness (QED) is 0.103. The molecule has 9 heteroatoms. The van der Waals surface area contributed by atoms with Crippen LogP contribution in [-0.4, -0.2) is 68.9 Å². The van der Waals surface area contributed by atoms with Gasteiger partial charge in [-0.25, -0.2) is 9.59 Å². The van der Waals surface area contributed by atoms with Gasteiger partial charge in [0.25, 0.3) is 5.91 Å². The molecule has 3 N–H and O–H groups in total. The molecule has 1 unspecified atom stereocenters. The van der Waals surface area contributed by atoms with Crippen molar-refractivity contribution in [3.05, 3.63) is 58.8 Å². The first kappa shape index (κ1) is 38.1. The number of alkyl carbamates (subject to hydrolysis) is 2. The topological polar surface area (TPSA) is 109 Å². The molecule has 3 rings (SSSR count). The fraction of sp³-hybridized carbons (Fsp3) is 0.658. The van der Waals surface area contributed by atoms with Crippen LogP contribution in [0.1, 0.15) is 126 Å². The summed E-state index contributed by atoms with van der Waals surface area (Å²) in [4.78, 5) is 39.7. The van der Waals surface area contributed by atoms with Gasteiger partial charge in [0, 0.05) is 30.4 Å². The maximum atomic E-state index is 13.5. The van der Waals surface area contributed by atoms with Gasteiger partial charge in [0.1, 0.15) is 6.61 Å². The molecule has 1 fully saturated rings. The zero-order valence-corrected chi connectivity index (χ0v) is 29.1. The van der Waals surface area contributed by atoms with E-state index < -0.39 is 12.2 Å². The summed E-state index contributed by atoms with van der Waals surface area (Å²) in [5.41, 5.74) is 2.97. The van der Waals surface area contributed by atoms with Crippen molar-refractivity contribution >= 4 is 18.1 Å². The number of benzene rings is 1. The van der Waals surface area contributed by atoms with Crippen LogP contribution in [0.25, 0.3) is 0 Å². The van der Waals surface area contributed by atoms with Gasteiger partial charge in [-0.3, -0.25) is 4.79 Å². The van der Waals surface area contributed by atoms with Gasteiger partial charge in [-0.1, -0.05) is 128 Å². The normalized spacial score (nSPS) is 15.9. The molecule has 1 saturated heterocycles. The highest BCUT2D eigenvalue weighted by atomic mass is 16.5. The molecule has 0 aliphatic carbocycles. The number of nitrogens with one attached hydrogen (secondary N) is 3. The van der Waals surface area contributed by atoms with Crippen molar-refractivity contribution in [2.75, 3.05) is 39.9 Å². The lowest BCUT2D eigenvalue weighted by atomic mass is 9.87. The monoisotopic (exact) mass is 652 g/mol. The Labute approximate surface area is 283 Å². The van der Waals surface area contributed by atoms with Crippen molar-refractivity contribution in [1.29, 1.82) is 0 Å². The van der Waals surface area contributed by atoms with Crippen molar-refractivity contribution in [3.8, 4) is 0 Å². The molecule has 0 spiro atoms. The molecule has 262 valence electrons. The van der Waals surface area contributed by atoms with E-state index in [-0.39, 0.29) is 25.1 Å². The Morgan fingerprint density at radius 1 is 0.809 bits per heavy atom. The van der Waals surface area contributed by atoms with Crippen molar-refractivity contribution < 1.29 is 23.9 Å². The Morgan fingerprint density at radius 2 is 1.38 bits per heavy atom. The second-order valence-corrected chi connectivity index (χ2v) is 12.8. The van der Waals surface area contributed by atoms with Crippen molar-refractivity contribution in [2.24, 2.45) is 0 Å². The first-order valence-electron chi connectivity index (χ1n) is 18.3. The van der Waals surface area contributed by atoms with E-state index in [9.17, 15) is 14.4 Å². The van der Waals surface area contributed by atoms with Gasteiger partial charge >= 0.3 is 12.2 Å². The maximum absolute atomic E-state index is 13.5. The van der Waals surface area contributed by atoms with Crippen molar-refractivity contribution in [2.45, 2.75) is 122 Å². The molecular weight excluding hydrogens is 592 g/mol. The predicted molar refractivity (Wildman–Crippen MR) is 188 cm³/mol. The summed E-state index contributed by atoms with van der Waals surface area (Å²) < 4.78 is 10.4. The highest BCUT2D eigenvalue weighted by Gasteiger charge is 2.34. The number of carbonyl (C=O) groups is 3. The molecule has 9 nitrogen and oxygen atoms in total. The van der Waals surface area contributed by atoms with Crippen LogP contribution < -0.4 is 16.0 Å². The fourth-order valence-corrected chi connectivity index (χ4v) is 6.27. The fourth-order valence-electron chi connectivity index (χ4n) is 6.27. The Bertz CT molecular complexity index is 1130. The molecule has 0 bridgehead atoms. The van der Waals surface area contributed by atoms with Crippen LogP contribution in [0.4, 0.5) is 9.59 Å². The molecule has 0 saturated carbocycles. The summed E-state index contributed by atoms with van der Waals surface area (Å²) in [6.45, 7) is 4.23. The lowest BCUT2D eigenvalue weighted by Crippen LogP contribution is -2.49. The molecule has 1 aromatic carbocycles. The summed E-state index contributed by atoms with van der Waals surface area (Å²) in [6.07, 6.45) is 22.8. The number of rotatable bonds is 23. The minimum Gasteiger partial charge on any atom is -0.453 e. The van der Waals surface area contributed by atoms with E-state index in [0.29, 0.717) is 24.4 Å². The smallest absolute Gasteiger partial charge is 0.407 e. The number of carbonyl (C=O) groups excluding carboxylic acids is 3. The van der Waals surface area contributed by atoms with Crippen LogP contribution in [0.5, 0.6) is 0 Å². The second-order valence-electron chi connectivity index (χ2n) is 12.8. The third-order valence-electron chi connectivity index (χ3n) is 9.19. The van der Waals surface area contributed by atoms with Crippen LogP contribution in [-0.2, 0) is 9.47 Å². The highest BCUT2D eigenvalue weighted by molar-refractivity contribution is 5.96. The van der Waals surface area contributed by atoms with Gasteiger partial charge in [-0.15, -0.1) is 0 Å². The molecule has 2 aliphatic rings. The van der Waals surface area contributed by atoms with E-state index in [1.807, 2.05) is 24.3 Å². The number of hydrogen-bond donors (Lipinski definition) is 3. The number of ether oxygens (including phenoxy) is 2. The summed E-state index contributed by atoms with van der Waals surface area (Å²) in [5.74, 6) is -0.156. The van der Waals surface area contributed by atoms with Crippen LogP contribution in [0, 0.1) is 0 Å².